The van der Waals surface area contributed by atoms with Crippen molar-refractivity contribution in [3.05, 3.63) is 23.0 Å². The largest absolute Gasteiger partial charge is 0.336 e. The fourth-order valence-electron chi connectivity index (χ4n) is 2.13. The van der Waals surface area contributed by atoms with Gasteiger partial charge in [0.2, 0.25) is 0 Å². The second kappa shape index (κ2) is 4.45. The molecule has 0 aliphatic carbocycles. The molecule has 1 fully saturated rings. The molecule has 1 atom stereocenters. The van der Waals surface area contributed by atoms with E-state index in [1.54, 1.807) is 6.20 Å². The third-order valence-corrected chi connectivity index (χ3v) is 3.93. The molecule has 18 heavy (non-hydrogen) atoms. The molecule has 0 unspecified atom stereocenters. The zero-order valence-electron chi connectivity index (χ0n) is 9.85. The van der Waals surface area contributed by atoms with Crippen LogP contribution in [0.25, 0.3) is 0 Å². The van der Waals surface area contributed by atoms with Crippen molar-refractivity contribution in [3.63, 3.8) is 0 Å². The van der Waals surface area contributed by atoms with Gasteiger partial charge < -0.3 is 4.90 Å². The topological polar surface area (TPSA) is 76.8 Å². The lowest BCUT2D eigenvalue weighted by atomic mass is 10.3. The van der Waals surface area contributed by atoms with E-state index in [4.69, 9.17) is 0 Å². The zero-order chi connectivity index (χ0) is 12.5. The molecule has 94 valence electrons. The summed E-state index contributed by atoms with van der Waals surface area (Å²) in [5, 5.41) is 11.6. The van der Waals surface area contributed by atoms with E-state index in [1.807, 2.05) is 22.7 Å². The molecule has 0 N–H and O–H groups in total. The Morgan fingerprint density at radius 1 is 1.56 bits per heavy atom. The third-order valence-electron chi connectivity index (χ3n) is 3.11. The van der Waals surface area contributed by atoms with Crippen molar-refractivity contribution in [1.29, 1.82) is 0 Å². The molecule has 1 saturated heterocycles. The first-order chi connectivity index (χ1) is 8.75. The molecule has 0 spiro atoms. The highest BCUT2D eigenvalue weighted by Crippen LogP contribution is 2.23. The number of aromatic nitrogens is 5. The maximum absolute atomic E-state index is 12.3. The lowest BCUT2D eigenvalue weighted by molar-refractivity contribution is 0.0791. The number of rotatable bonds is 2. The predicted octanol–water partition coefficient (Wildman–Crippen LogP) is 0.525. The number of likely N-dealkylation sites (tertiary alicyclic amines) is 1. The van der Waals surface area contributed by atoms with Gasteiger partial charge in [0.05, 0.1) is 17.9 Å². The molecule has 0 radical (unpaired) electrons. The smallest absolute Gasteiger partial charge is 0.267 e. The van der Waals surface area contributed by atoms with Crippen molar-refractivity contribution in [3.8, 4) is 0 Å². The quantitative estimate of drug-likeness (QED) is 0.790. The third kappa shape index (κ3) is 1.88. The number of hydrogen-bond acceptors (Lipinski definition) is 6. The van der Waals surface area contributed by atoms with Gasteiger partial charge in [-0.3, -0.25) is 4.79 Å². The number of amides is 1. The Morgan fingerprint density at radius 3 is 3.11 bits per heavy atom. The summed E-state index contributed by atoms with van der Waals surface area (Å²) in [4.78, 5) is 14.7. The SMILES string of the molecule is Cc1nnsc1C(=O)N1CC[C@H](n2ccnn2)C1. The Bertz CT molecular complexity index is 550. The van der Waals surface area contributed by atoms with Gasteiger partial charge in [-0.2, -0.15) is 0 Å². The zero-order valence-corrected chi connectivity index (χ0v) is 10.7. The minimum Gasteiger partial charge on any atom is -0.336 e. The average Bonchev–Trinajstić information content (AvgIpc) is 3.09. The second-order valence-corrected chi connectivity index (χ2v) is 5.02. The first-order valence-corrected chi connectivity index (χ1v) is 6.47. The predicted molar refractivity (Wildman–Crippen MR) is 64.2 cm³/mol. The minimum atomic E-state index is 0.0186. The molecule has 1 amide bonds. The van der Waals surface area contributed by atoms with Crippen LogP contribution >= 0.6 is 11.5 Å². The highest BCUT2D eigenvalue weighted by Gasteiger charge is 2.30. The van der Waals surface area contributed by atoms with Crippen LogP contribution in [-0.4, -0.2) is 48.5 Å². The van der Waals surface area contributed by atoms with Crippen LogP contribution < -0.4 is 0 Å². The highest BCUT2D eigenvalue weighted by molar-refractivity contribution is 7.07. The molecule has 7 nitrogen and oxygen atoms in total. The second-order valence-electron chi connectivity index (χ2n) is 4.26. The molecular formula is C10H12N6OS. The molecule has 1 aliphatic rings. The van der Waals surface area contributed by atoms with E-state index in [2.05, 4.69) is 19.9 Å². The van der Waals surface area contributed by atoms with Crippen LogP contribution in [0, 0.1) is 6.92 Å². The van der Waals surface area contributed by atoms with Crippen molar-refractivity contribution in [1.82, 2.24) is 29.5 Å². The molecule has 2 aromatic rings. The molecule has 0 saturated carbocycles. The number of hydrogen-bond donors (Lipinski definition) is 0. The Morgan fingerprint density at radius 2 is 2.44 bits per heavy atom. The van der Waals surface area contributed by atoms with E-state index in [0.717, 1.165) is 24.5 Å². The molecule has 0 aromatic carbocycles. The van der Waals surface area contributed by atoms with Crippen molar-refractivity contribution >= 4 is 17.4 Å². The maximum Gasteiger partial charge on any atom is 0.267 e. The molecule has 1 aliphatic heterocycles. The van der Waals surface area contributed by atoms with E-state index >= 15 is 0 Å². The van der Waals surface area contributed by atoms with Crippen molar-refractivity contribution < 1.29 is 4.79 Å². The van der Waals surface area contributed by atoms with Gasteiger partial charge in [-0.1, -0.05) is 9.70 Å². The van der Waals surface area contributed by atoms with E-state index in [1.165, 1.54) is 0 Å². The Kier molecular flexibility index (Phi) is 2.78. The first-order valence-electron chi connectivity index (χ1n) is 5.69. The van der Waals surface area contributed by atoms with Crippen LogP contribution in [0.4, 0.5) is 0 Å². The van der Waals surface area contributed by atoms with Gasteiger partial charge in [-0.15, -0.1) is 10.2 Å². The van der Waals surface area contributed by atoms with Crippen LogP contribution in [0.15, 0.2) is 12.4 Å². The monoisotopic (exact) mass is 264 g/mol. The average molecular weight is 264 g/mol. The van der Waals surface area contributed by atoms with Gasteiger partial charge in [-0.25, -0.2) is 4.68 Å². The van der Waals surface area contributed by atoms with Crippen LogP contribution in [-0.2, 0) is 0 Å². The number of carbonyl (C=O) groups is 1. The van der Waals surface area contributed by atoms with Gasteiger partial charge >= 0.3 is 0 Å². The van der Waals surface area contributed by atoms with Crippen LogP contribution in [0.1, 0.15) is 27.8 Å². The maximum atomic E-state index is 12.3. The molecular weight excluding hydrogens is 252 g/mol. The Labute approximate surface area is 108 Å². The van der Waals surface area contributed by atoms with Gasteiger partial charge in [0.1, 0.15) is 4.88 Å². The molecule has 2 aromatic heterocycles. The lowest BCUT2D eigenvalue weighted by Crippen LogP contribution is -2.29. The van der Waals surface area contributed by atoms with E-state index in [9.17, 15) is 4.79 Å². The highest BCUT2D eigenvalue weighted by atomic mass is 32.1. The first kappa shape index (κ1) is 11.3. The van der Waals surface area contributed by atoms with Gasteiger partial charge in [-0.05, 0) is 24.9 Å². The van der Waals surface area contributed by atoms with Gasteiger partial charge in [0, 0.05) is 19.3 Å². The summed E-state index contributed by atoms with van der Waals surface area (Å²) in [6.45, 7) is 3.21. The minimum absolute atomic E-state index is 0.0186. The molecule has 8 heteroatoms. The number of carbonyl (C=O) groups excluding carboxylic acids is 1. The molecule has 3 rings (SSSR count). The van der Waals surface area contributed by atoms with Crippen molar-refractivity contribution in [2.45, 2.75) is 19.4 Å². The fraction of sp³-hybridized carbons (Fsp3) is 0.500. The Hall–Kier alpha value is -1.83. The van der Waals surface area contributed by atoms with Gasteiger partial charge in [0.15, 0.2) is 0 Å². The molecule has 0 bridgehead atoms. The summed E-state index contributed by atoms with van der Waals surface area (Å²) in [5.74, 6) is 0.0186. The normalized spacial score (nSPS) is 19.4. The van der Waals surface area contributed by atoms with E-state index < -0.39 is 0 Å². The number of nitrogens with zero attached hydrogens (tertiary/aromatic N) is 6. The van der Waals surface area contributed by atoms with Crippen molar-refractivity contribution in [2.24, 2.45) is 0 Å². The summed E-state index contributed by atoms with van der Waals surface area (Å²) in [7, 11) is 0. The molecule has 3 heterocycles. The Balaban J connectivity index is 1.73. The van der Waals surface area contributed by atoms with Crippen LogP contribution in [0.3, 0.4) is 0 Å². The number of aryl methyl sites for hydroxylation is 1. The summed E-state index contributed by atoms with van der Waals surface area (Å²) in [5.41, 5.74) is 0.703. The summed E-state index contributed by atoms with van der Waals surface area (Å²) < 4.78 is 5.61. The van der Waals surface area contributed by atoms with Crippen LogP contribution in [0.5, 0.6) is 0 Å². The summed E-state index contributed by atoms with van der Waals surface area (Å²) >= 11 is 1.16. The lowest BCUT2D eigenvalue weighted by Gasteiger charge is -2.15. The van der Waals surface area contributed by atoms with Crippen molar-refractivity contribution in [2.75, 3.05) is 13.1 Å². The van der Waals surface area contributed by atoms with Gasteiger partial charge in [0.25, 0.3) is 5.91 Å². The van der Waals surface area contributed by atoms with E-state index in [-0.39, 0.29) is 11.9 Å². The fourth-order valence-corrected chi connectivity index (χ4v) is 2.75. The summed E-state index contributed by atoms with van der Waals surface area (Å²) in [6, 6.07) is 0.220. The summed E-state index contributed by atoms with van der Waals surface area (Å²) in [6.07, 6.45) is 4.39. The van der Waals surface area contributed by atoms with Crippen LogP contribution in [0.2, 0.25) is 0 Å². The standard InChI is InChI=1S/C10H12N6OS/c1-7-9(18-14-12-7)10(17)15-4-2-8(6-15)16-5-3-11-13-16/h3,5,8H,2,4,6H2,1H3/t8-/m0/s1. The van der Waals surface area contributed by atoms with E-state index in [0.29, 0.717) is 17.1 Å².